The highest BCUT2D eigenvalue weighted by Crippen LogP contribution is 2.47. The number of ether oxygens (including phenoxy) is 1. The van der Waals surface area contributed by atoms with Crippen molar-refractivity contribution in [2.24, 2.45) is 17.1 Å². The molecule has 3 nitrogen and oxygen atoms in total. The van der Waals surface area contributed by atoms with Crippen LogP contribution in [-0.2, 0) is 4.74 Å². The molecular formula is C9H15NO2. The summed E-state index contributed by atoms with van der Waals surface area (Å²) in [6, 6.07) is 0. The first-order valence-electron chi connectivity index (χ1n) is 4.39. The minimum Gasteiger partial charge on any atom is -0.396 e. The van der Waals surface area contributed by atoms with Gasteiger partial charge in [0.1, 0.15) is 0 Å². The molecule has 68 valence electrons. The number of hydrogen-bond donors (Lipinski definition) is 2. The monoisotopic (exact) mass is 169 g/mol. The van der Waals surface area contributed by atoms with E-state index in [1.54, 1.807) is 0 Å². The predicted molar refractivity (Wildman–Crippen MR) is 45.5 cm³/mol. The summed E-state index contributed by atoms with van der Waals surface area (Å²) in [6.45, 7) is 2.71. The van der Waals surface area contributed by atoms with Crippen molar-refractivity contribution >= 4 is 0 Å². The molecule has 0 aromatic rings. The van der Waals surface area contributed by atoms with E-state index < -0.39 is 0 Å². The third-order valence-corrected chi connectivity index (χ3v) is 3.42. The molecule has 0 saturated carbocycles. The summed E-state index contributed by atoms with van der Waals surface area (Å²) < 4.78 is 5.63. The summed E-state index contributed by atoms with van der Waals surface area (Å²) in [5.41, 5.74) is 5.46. The molecule has 0 aromatic carbocycles. The number of hydrogen-bond acceptors (Lipinski definition) is 3. The van der Waals surface area contributed by atoms with Crippen molar-refractivity contribution in [3.8, 4) is 0 Å². The van der Waals surface area contributed by atoms with Crippen molar-refractivity contribution in [2.75, 3.05) is 13.2 Å². The highest BCUT2D eigenvalue weighted by atomic mass is 16.5. The van der Waals surface area contributed by atoms with Crippen LogP contribution in [0.4, 0.5) is 0 Å². The topological polar surface area (TPSA) is 55.5 Å². The van der Waals surface area contributed by atoms with Gasteiger partial charge in [-0.25, -0.2) is 0 Å². The summed E-state index contributed by atoms with van der Waals surface area (Å²) in [6.07, 6.45) is 4.30. The van der Waals surface area contributed by atoms with Crippen molar-refractivity contribution in [1.29, 1.82) is 0 Å². The third-order valence-electron chi connectivity index (χ3n) is 3.42. The standard InChI is InChI=1S/C9H15NO2/c1-6-7-2-3-8(12-7)9(6,4-10)5-11/h2-3,6-8,11H,4-5,10H2,1H3. The molecule has 2 aliphatic heterocycles. The van der Waals surface area contributed by atoms with E-state index in [1.807, 2.05) is 6.08 Å². The molecule has 0 radical (unpaired) electrons. The van der Waals surface area contributed by atoms with Crippen LogP contribution in [0, 0.1) is 11.3 Å². The maximum absolute atomic E-state index is 9.32. The van der Waals surface area contributed by atoms with Crippen molar-refractivity contribution < 1.29 is 9.84 Å². The zero-order valence-electron chi connectivity index (χ0n) is 7.23. The summed E-state index contributed by atoms with van der Waals surface area (Å²) in [5, 5.41) is 9.32. The van der Waals surface area contributed by atoms with Crippen LogP contribution >= 0.6 is 0 Å². The molecule has 2 heterocycles. The van der Waals surface area contributed by atoms with Gasteiger partial charge in [0.15, 0.2) is 0 Å². The van der Waals surface area contributed by atoms with Crippen LogP contribution in [0.15, 0.2) is 12.2 Å². The van der Waals surface area contributed by atoms with Gasteiger partial charge in [0, 0.05) is 12.0 Å². The normalized spacial score (nSPS) is 50.4. The molecule has 0 aliphatic carbocycles. The van der Waals surface area contributed by atoms with Gasteiger partial charge in [-0.15, -0.1) is 0 Å². The Balaban J connectivity index is 2.31. The number of aliphatic hydroxyl groups excluding tert-OH is 1. The Morgan fingerprint density at radius 2 is 2.33 bits per heavy atom. The van der Waals surface area contributed by atoms with Gasteiger partial charge >= 0.3 is 0 Å². The van der Waals surface area contributed by atoms with Crippen LogP contribution in [0.25, 0.3) is 0 Å². The van der Waals surface area contributed by atoms with Gasteiger partial charge in [-0.3, -0.25) is 0 Å². The highest BCUT2D eigenvalue weighted by molar-refractivity contribution is 5.19. The minimum absolute atomic E-state index is 0.0347. The van der Waals surface area contributed by atoms with Gasteiger partial charge in [0.05, 0.1) is 18.8 Å². The van der Waals surface area contributed by atoms with E-state index in [0.717, 1.165) is 0 Å². The van der Waals surface area contributed by atoms with Gasteiger partial charge in [-0.05, 0) is 5.92 Å². The largest absolute Gasteiger partial charge is 0.396 e. The Bertz CT molecular complexity index is 211. The molecule has 1 fully saturated rings. The quantitative estimate of drug-likeness (QED) is 0.567. The second-order valence-corrected chi connectivity index (χ2v) is 3.79. The second-order valence-electron chi connectivity index (χ2n) is 3.79. The summed E-state index contributed by atoms with van der Waals surface area (Å²) in [4.78, 5) is 0. The first-order valence-corrected chi connectivity index (χ1v) is 4.39. The fourth-order valence-corrected chi connectivity index (χ4v) is 2.27. The van der Waals surface area contributed by atoms with E-state index in [2.05, 4.69) is 13.0 Å². The Morgan fingerprint density at radius 3 is 2.67 bits per heavy atom. The maximum Gasteiger partial charge on any atom is 0.0858 e. The first-order chi connectivity index (χ1) is 5.74. The van der Waals surface area contributed by atoms with Gasteiger partial charge in [0.2, 0.25) is 0 Å². The number of rotatable bonds is 2. The molecule has 2 rings (SSSR count). The zero-order valence-corrected chi connectivity index (χ0v) is 7.23. The lowest BCUT2D eigenvalue weighted by atomic mass is 9.70. The molecule has 0 amide bonds. The van der Waals surface area contributed by atoms with Crippen molar-refractivity contribution in [3.63, 3.8) is 0 Å². The summed E-state index contributed by atoms with van der Waals surface area (Å²) in [7, 11) is 0. The lowest BCUT2D eigenvalue weighted by Crippen LogP contribution is -2.46. The molecule has 2 aliphatic rings. The Hall–Kier alpha value is -0.380. The molecule has 0 spiro atoms. The average molecular weight is 169 g/mol. The van der Waals surface area contributed by atoms with Crippen LogP contribution in [0.2, 0.25) is 0 Å². The molecule has 0 aromatic heterocycles. The van der Waals surface area contributed by atoms with Crippen molar-refractivity contribution in [1.82, 2.24) is 0 Å². The van der Waals surface area contributed by atoms with Gasteiger partial charge in [0.25, 0.3) is 0 Å². The van der Waals surface area contributed by atoms with E-state index >= 15 is 0 Å². The molecule has 3 heteroatoms. The maximum atomic E-state index is 9.32. The van der Waals surface area contributed by atoms with Crippen LogP contribution in [-0.4, -0.2) is 30.5 Å². The molecule has 12 heavy (non-hydrogen) atoms. The lowest BCUT2D eigenvalue weighted by molar-refractivity contribution is 0.0439. The van der Waals surface area contributed by atoms with Crippen LogP contribution in [0.1, 0.15) is 6.92 Å². The average Bonchev–Trinajstić information content (AvgIpc) is 2.64. The molecule has 2 bridgehead atoms. The zero-order chi connectivity index (χ0) is 8.77. The van der Waals surface area contributed by atoms with Gasteiger partial charge in [-0.2, -0.15) is 0 Å². The van der Waals surface area contributed by atoms with E-state index in [1.165, 1.54) is 0 Å². The Morgan fingerprint density at radius 1 is 1.58 bits per heavy atom. The third kappa shape index (κ3) is 0.762. The van der Waals surface area contributed by atoms with E-state index in [9.17, 15) is 5.11 Å². The van der Waals surface area contributed by atoms with E-state index in [0.29, 0.717) is 12.5 Å². The van der Waals surface area contributed by atoms with E-state index in [-0.39, 0.29) is 24.2 Å². The molecule has 3 N–H and O–H groups in total. The van der Waals surface area contributed by atoms with Gasteiger partial charge in [-0.1, -0.05) is 19.1 Å². The highest BCUT2D eigenvalue weighted by Gasteiger charge is 2.54. The fraction of sp³-hybridized carbons (Fsp3) is 0.778. The summed E-state index contributed by atoms with van der Waals surface area (Å²) >= 11 is 0. The van der Waals surface area contributed by atoms with Crippen LogP contribution < -0.4 is 5.73 Å². The smallest absolute Gasteiger partial charge is 0.0858 e. The molecule has 1 saturated heterocycles. The number of nitrogens with two attached hydrogens (primary N) is 1. The van der Waals surface area contributed by atoms with Crippen molar-refractivity contribution in [2.45, 2.75) is 19.1 Å². The van der Waals surface area contributed by atoms with Crippen LogP contribution in [0.5, 0.6) is 0 Å². The minimum atomic E-state index is -0.223. The Labute approximate surface area is 72.2 Å². The fourth-order valence-electron chi connectivity index (χ4n) is 2.27. The lowest BCUT2D eigenvalue weighted by Gasteiger charge is -2.34. The molecule has 4 atom stereocenters. The first kappa shape index (κ1) is 8.23. The van der Waals surface area contributed by atoms with Crippen molar-refractivity contribution in [3.05, 3.63) is 12.2 Å². The summed E-state index contributed by atoms with van der Waals surface area (Å²) in [5.74, 6) is 0.336. The predicted octanol–water partition coefficient (Wildman–Crippen LogP) is -0.103. The SMILES string of the molecule is CC1C2C=CC(O2)C1(CN)CO. The molecular weight excluding hydrogens is 154 g/mol. The Kier molecular flexibility index (Phi) is 1.75. The number of aliphatic hydroxyl groups is 1. The van der Waals surface area contributed by atoms with Crippen LogP contribution in [0.3, 0.4) is 0 Å². The number of fused-ring (bicyclic) bond motifs is 2. The molecule has 4 unspecified atom stereocenters. The second kappa shape index (κ2) is 2.55. The van der Waals surface area contributed by atoms with E-state index in [4.69, 9.17) is 10.5 Å². The van der Waals surface area contributed by atoms with Gasteiger partial charge < -0.3 is 15.6 Å².